The van der Waals surface area contributed by atoms with Crippen molar-refractivity contribution < 1.29 is 18.7 Å². The Morgan fingerprint density at radius 2 is 1.96 bits per heavy atom. The number of carbonyl (C=O) groups is 2. The molecule has 0 saturated heterocycles. The Balaban J connectivity index is 1.77. The van der Waals surface area contributed by atoms with Crippen molar-refractivity contribution in [1.82, 2.24) is 9.78 Å². The Hall–Kier alpha value is -3.99. The third-order valence-corrected chi connectivity index (χ3v) is 3.92. The van der Waals surface area contributed by atoms with E-state index in [1.807, 2.05) is 0 Å². The number of aromatic nitrogens is 2. The van der Waals surface area contributed by atoms with Crippen LogP contribution in [0.1, 0.15) is 10.5 Å². The summed E-state index contributed by atoms with van der Waals surface area (Å²) in [6.45, 7) is 0. The van der Waals surface area contributed by atoms with Crippen LogP contribution in [0.3, 0.4) is 0 Å². The molecule has 3 rings (SSSR count). The highest BCUT2D eigenvalue weighted by Gasteiger charge is 2.29. The van der Waals surface area contributed by atoms with E-state index >= 15 is 0 Å². The monoisotopic (exact) mass is 378 g/mol. The number of nitriles is 1. The van der Waals surface area contributed by atoms with Crippen molar-refractivity contribution in [3.05, 3.63) is 72.3 Å². The third-order valence-electron chi connectivity index (χ3n) is 3.92. The Kier molecular flexibility index (Phi) is 5.46. The van der Waals surface area contributed by atoms with Crippen LogP contribution < -0.4 is 10.1 Å². The number of ketones is 1. The summed E-state index contributed by atoms with van der Waals surface area (Å²) in [4.78, 5) is 25.0. The zero-order chi connectivity index (χ0) is 20.1. The fraction of sp³-hybridized carbons (Fsp3) is 0.100. The van der Waals surface area contributed by atoms with Gasteiger partial charge in [-0.2, -0.15) is 10.4 Å². The molecule has 0 aliphatic heterocycles. The smallest absolute Gasteiger partial charge is 0.249 e. The van der Waals surface area contributed by atoms with Crippen molar-refractivity contribution in [2.24, 2.45) is 5.92 Å². The summed E-state index contributed by atoms with van der Waals surface area (Å²) < 4.78 is 19.5. The van der Waals surface area contributed by atoms with Crippen molar-refractivity contribution in [3.63, 3.8) is 0 Å². The molecule has 8 heteroatoms. The predicted octanol–water partition coefficient (Wildman–Crippen LogP) is 2.98. The van der Waals surface area contributed by atoms with Gasteiger partial charge in [0, 0.05) is 18.0 Å². The maximum absolute atomic E-state index is 13.0. The molecule has 2 aromatic carbocycles. The first-order chi connectivity index (χ1) is 13.5. The van der Waals surface area contributed by atoms with Crippen LogP contribution in [0.5, 0.6) is 5.75 Å². The van der Waals surface area contributed by atoms with Crippen LogP contribution in [0.15, 0.2) is 60.8 Å². The average Bonchev–Trinajstić information content (AvgIpc) is 3.19. The SMILES string of the molecule is COc1cccc(NC(=O)C(C#N)C(=O)c2ccn(-c3ccc(F)cc3)n2)c1. The summed E-state index contributed by atoms with van der Waals surface area (Å²) in [7, 11) is 1.49. The molecule has 0 radical (unpaired) electrons. The summed E-state index contributed by atoms with van der Waals surface area (Å²) >= 11 is 0. The number of nitrogens with zero attached hydrogens (tertiary/aromatic N) is 3. The number of rotatable bonds is 6. The van der Waals surface area contributed by atoms with E-state index in [0.29, 0.717) is 17.1 Å². The molecule has 0 bridgehead atoms. The van der Waals surface area contributed by atoms with Crippen LogP contribution >= 0.6 is 0 Å². The lowest BCUT2D eigenvalue weighted by atomic mass is 10.0. The lowest BCUT2D eigenvalue weighted by Crippen LogP contribution is -2.29. The normalized spacial score (nSPS) is 11.3. The third kappa shape index (κ3) is 4.04. The first-order valence-electron chi connectivity index (χ1n) is 8.22. The zero-order valence-corrected chi connectivity index (χ0v) is 14.8. The van der Waals surface area contributed by atoms with E-state index in [-0.39, 0.29) is 5.69 Å². The molecule has 0 aliphatic carbocycles. The highest BCUT2D eigenvalue weighted by Crippen LogP contribution is 2.18. The number of carbonyl (C=O) groups excluding carboxylic acids is 2. The van der Waals surface area contributed by atoms with Gasteiger partial charge >= 0.3 is 0 Å². The van der Waals surface area contributed by atoms with E-state index in [2.05, 4.69) is 10.4 Å². The quantitative estimate of drug-likeness (QED) is 0.525. The summed E-state index contributed by atoms with van der Waals surface area (Å²) in [5.41, 5.74) is 0.890. The van der Waals surface area contributed by atoms with Crippen molar-refractivity contribution in [1.29, 1.82) is 5.26 Å². The maximum atomic E-state index is 13.0. The van der Waals surface area contributed by atoms with Gasteiger partial charge in [0.1, 0.15) is 17.3 Å². The van der Waals surface area contributed by atoms with Crippen LogP contribution in [-0.2, 0) is 4.79 Å². The molecule has 0 aliphatic rings. The topological polar surface area (TPSA) is 97.0 Å². The number of ether oxygens (including phenoxy) is 1. The standard InChI is InChI=1S/C20H15FN4O3/c1-28-16-4-2-3-14(11-16)23-20(27)17(12-22)19(26)18-9-10-25(24-18)15-7-5-13(21)6-8-15/h2-11,17H,1H3,(H,23,27). The van der Waals surface area contributed by atoms with Crippen molar-refractivity contribution in [3.8, 4) is 17.5 Å². The predicted molar refractivity (Wildman–Crippen MR) is 98.6 cm³/mol. The van der Waals surface area contributed by atoms with E-state index in [1.54, 1.807) is 30.3 Å². The number of benzene rings is 2. The summed E-state index contributed by atoms with van der Waals surface area (Å²) in [5, 5.41) is 15.9. The van der Waals surface area contributed by atoms with Gasteiger partial charge in [-0.25, -0.2) is 9.07 Å². The van der Waals surface area contributed by atoms with Crippen molar-refractivity contribution in [2.45, 2.75) is 0 Å². The Morgan fingerprint density at radius 1 is 1.21 bits per heavy atom. The molecule has 7 nitrogen and oxygen atoms in total. The lowest BCUT2D eigenvalue weighted by Gasteiger charge is -2.09. The number of Topliss-reactive ketones (excluding diaryl/α,β-unsaturated/α-hetero) is 1. The number of anilines is 1. The second kappa shape index (κ2) is 8.14. The maximum Gasteiger partial charge on any atom is 0.249 e. The molecule has 1 aromatic heterocycles. The lowest BCUT2D eigenvalue weighted by molar-refractivity contribution is -0.117. The highest BCUT2D eigenvalue weighted by molar-refractivity contribution is 6.14. The summed E-state index contributed by atoms with van der Waals surface area (Å²) in [5.74, 6) is -2.94. The molecular formula is C20H15FN4O3. The van der Waals surface area contributed by atoms with E-state index in [1.165, 1.54) is 48.3 Å². The Bertz CT molecular complexity index is 1050. The fourth-order valence-corrected chi connectivity index (χ4v) is 2.49. The zero-order valence-electron chi connectivity index (χ0n) is 14.8. The first-order valence-corrected chi connectivity index (χ1v) is 8.22. The first kappa shape index (κ1) is 18.8. The minimum Gasteiger partial charge on any atom is -0.497 e. The molecule has 1 heterocycles. The van der Waals surface area contributed by atoms with Crippen molar-refractivity contribution >= 4 is 17.4 Å². The van der Waals surface area contributed by atoms with Gasteiger partial charge in [-0.1, -0.05) is 6.07 Å². The van der Waals surface area contributed by atoms with Crippen LogP contribution in [-0.4, -0.2) is 28.6 Å². The molecule has 3 aromatic rings. The van der Waals surface area contributed by atoms with Gasteiger partial charge in [0.05, 0.1) is 18.9 Å². The molecule has 140 valence electrons. The van der Waals surface area contributed by atoms with Crippen LogP contribution in [0.25, 0.3) is 5.69 Å². The molecule has 1 unspecified atom stereocenters. The largest absolute Gasteiger partial charge is 0.497 e. The van der Waals surface area contributed by atoms with Gasteiger partial charge in [-0.05, 0) is 42.5 Å². The number of methoxy groups -OCH3 is 1. The molecule has 0 spiro atoms. The summed E-state index contributed by atoms with van der Waals surface area (Å²) in [6.07, 6.45) is 1.49. The fourth-order valence-electron chi connectivity index (χ4n) is 2.49. The van der Waals surface area contributed by atoms with Gasteiger partial charge in [0.25, 0.3) is 0 Å². The van der Waals surface area contributed by atoms with E-state index in [9.17, 15) is 19.2 Å². The van der Waals surface area contributed by atoms with Crippen molar-refractivity contribution in [2.75, 3.05) is 12.4 Å². The van der Waals surface area contributed by atoms with Gasteiger partial charge in [-0.3, -0.25) is 9.59 Å². The molecule has 1 N–H and O–H groups in total. The van der Waals surface area contributed by atoms with Crippen LogP contribution in [0.4, 0.5) is 10.1 Å². The molecule has 0 saturated carbocycles. The second-order valence-corrected chi connectivity index (χ2v) is 5.77. The van der Waals surface area contributed by atoms with E-state index in [4.69, 9.17) is 4.74 Å². The van der Waals surface area contributed by atoms with E-state index < -0.39 is 23.4 Å². The van der Waals surface area contributed by atoms with E-state index in [0.717, 1.165) is 0 Å². The van der Waals surface area contributed by atoms with Crippen LogP contribution in [0, 0.1) is 23.1 Å². The Morgan fingerprint density at radius 3 is 2.64 bits per heavy atom. The number of amides is 1. The molecule has 28 heavy (non-hydrogen) atoms. The number of halogens is 1. The average molecular weight is 378 g/mol. The molecule has 1 atom stereocenters. The van der Waals surface area contributed by atoms with Crippen LogP contribution in [0.2, 0.25) is 0 Å². The Labute approximate surface area is 160 Å². The number of nitrogens with one attached hydrogen (secondary N) is 1. The molecular weight excluding hydrogens is 363 g/mol. The van der Waals surface area contributed by atoms with Gasteiger partial charge in [0.15, 0.2) is 5.92 Å². The van der Waals surface area contributed by atoms with Gasteiger partial charge in [0.2, 0.25) is 11.7 Å². The van der Waals surface area contributed by atoms with Gasteiger partial charge in [-0.15, -0.1) is 0 Å². The van der Waals surface area contributed by atoms with Gasteiger partial charge < -0.3 is 10.1 Å². The highest BCUT2D eigenvalue weighted by atomic mass is 19.1. The molecule has 0 fully saturated rings. The minimum atomic E-state index is -1.57. The second-order valence-electron chi connectivity index (χ2n) is 5.77. The number of hydrogen-bond donors (Lipinski definition) is 1. The summed E-state index contributed by atoms with van der Waals surface area (Å²) in [6, 6.07) is 15.2. The minimum absolute atomic E-state index is 0.0448. The molecule has 1 amide bonds. The number of hydrogen-bond acceptors (Lipinski definition) is 5.